The van der Waals surface area contributed by atoms with Crippen LogP contribution in [-0.2, 0) is 12.8 Å². The summed E-state index contributed by atoms with van der Waals surface area (Å²) in [5.41, 5.74) is 2.39. The van der Waals surface area contributed by atoms with Crippen LogP contribution in [-0.4, -0.2) is 16.7 Å². The van der Waals surface area contributed by atoms with Crippen LogP contribution >= 0.6 is 0 Å². The fourth-order valence-electron chi connectivity index (χ4n) is 0.457. The molecule has 0 radical (unpaired) electrons. The van der Waals surface area contributed by atoms with E-state index in [1.165, 1.54) is 5.57 Å². The Morgan fingerprint density at radius 1 is 1.44 bits per heavy atom. The minimum absolute atomic E-state index is 1.15. The van der Waals surface area contributed by atoms with E-state index in [2.05, 4.69) is 13.0 Å². The van der Waals surface area contributed by atoms with Gasteiger partial charge in [0.15, 0.2) is 5.71 Å². The standard InChI is InChI=1S/C7H13NS/c1-5-6(2)7(3)8(4)9/h5H,1-4H3/b6-5-,8-7+. The Labute approximate surface area is 62.6 Å². The molecular formula is C7H13NS. The lowest BCUT2D eigenvalue weighted by Crippen LogP contribution is -2.08. The zero-order valence-corrected chi connectivity index (χ0v) is 7.25. The molecule has 0 N–H and O–H groups in total. The second-order valence-electron chi connectivity index (χ2n) is 2.05. The average Bonchev–Trinajstić information content (AvgIpc) is 1.84. The van der Waals surface area contributed by atoms with Crippen LogP contribution in [0.3, 0.4) is 0 Å². The highest BCUT2D eigenvalue weighted by atomic mass is 32.1. The fraction of sp³-hybridized carbons (Fsp3) is 0.571. The van der Waals surface area contributed by atoms with Gasteiger partial charge in [-0.1, -0.05) is 6.08 Å². The first-order valence-electron chi connectivity index (χ1n) is 2.97. The SMILES string of the molecule is C/C=C(C)\C(C)=[N+](/C)[S-]. The Balaban J connectivity index is 4.40. The van der Waals surface area contributed by atoms with Crippen molar-refractivity contribution in [3.63, 3.8) is 0 Å². The molecule has 0 aliphatic rings. The molecule has 2 heteroatoms. The molecule has 0 saturated heterocycles. The second-order valence-corrected chi connectivity index (χ2v) is 2.60. The first-order chi connectivity index (χ1) is 4.09. The van der Waals surface area contributed by atoms with E-state index in [-0.39, 0.29) is 0 Å². The van der Waals surface area contributed by atoms with Gasteiger partial charge in [-0.2, -0.15) is 0 Å². The minimum Gasteiger partial charge on any atom is -0.434 e. The highest BCUT2D eigenvalue weighted by Crippen LogP contribution is 1.93. The Hall–Kier alpha value is -0.370. The van der Waals surface area contributed by atoms with Crippen LogP contribution < -0.4 is 0 Å². The van der Waals surface area contributed by atoms with E-state index < -0.39 is 0 Å². The smallest absolute Gasteiger partial charge is 0.160 e. The van der Waals surface area contributed by atoms with E-state index in [1.807, 2.05) is 20.9 Å². The third-order valence-electron chi connectivity index (χ3n) is 1.48. The third-order valence-corrected chi connectivity index (χ3v) is 1.75. The Morgan fingerprint density at radius 3 is 2.00 bits per heavy atom. The first kappa shape index (κ1) is 8.63. The largest absolute Gasteiger partial charge is 0.434 e. The van der Waals surface area contributed by atoms with Gasteiger partial charge in [0.05, 0.1) is 0 Å². The van der Waals surface area contributed by atoms with E-state index in [0.717, 1.165) is 5.71 Å². The predicted molar refractivity (Wildman–Crippen MR) is 43.7 cm³/mol. The van der Waals surface area contributed by atoms with Crippen molar-refractivity contribution in [1.82, 2.24) is 0 Å². The van der Waals surface area contributed by atoms with Crippen LogP contribution in [0.2, 0.25) is 0 Å². The molecule has 0 unspecified atom stereocenters. The van der Waals surface area contributed by atoms with Crippen molar-refractivity contribution in [2.75, 3.05) is 7.05 Å². The molecule has 0 aromatic carbocycles. The summed E-state index contributed by atoms with van der Waals surface area (Å²) in [6.45, 7) is 6.08. The Morgan fingerprint density at radius 2 is 1.89 bits per heavy atom. The molecule has 0 heterocycles. The van der Waals surface area contributed by atoms with Gasteiger partial charge in [0.1, 0.15) is 7.05 Å². The summed E-state index contributed by atoms with van der Waals surface area (Å²) in [5, 5.41) is 0. The summed E-state index contributed by atoms with van der Waals surface area (Å²) < 4.78 is 1.70. The van der Waals surface area contributed by atoms with Crippen molar-refractivity contribution in [1.29, 1.82) is 0 Å². The summed E-state index contributed by atoms with van der Waals surface area (Å²) in [7, 11) is 1.87. The monoisotopic (exact) mass is 143 g/mol. The van der Waals surface area contributed by atoms with Crippen LogP contribution in [0.1, 0.15) is 20.8 Å². The first-order valence-corrected chi connectivity index (χ1v) is 3.33. The van der Waals surface area contributed by atoms with Gasteiger partial charge in [0, 0.05) is 12.5 Å². The fourth-order valence-corrected chi connectivity index (χ4v) is 0.601. The van der Waals surface area contributed by atoms with Gasteiger partial charge < -0.3 is 16.8 Å². The normalized spacial score (nSPS) is 15.3. The number of rotatable bonds is 1. The van der Waals surface area contributed by atoms with Crippen molar-refractivity contribution in [3.05, 3.63) is 11.6 Å². The highest BCUT2D eigenvalue weighted by molar-refractivity contribution is 7.51. The third kappa shape index (κ3) is 2.61. The Bertz CT molecular complexity index is 152. The molecule has 9 heavy (non-hydrogen) atoms. The average molecular weight is 143 g/mol. The van der Waals surface area contributed by atoms with Gasteiger partial charge in [0.25, 0.3) is 0 Å². The van der Waals surface area contributed by atoms with E-state index in [9.17, 15) is 0 Å². The molecule has 0 amide bonds. The van der Waals surface area contributed by atoms with Crippen molar-refractivity contribution in [2.24, 2.45) is 0 Å². The van der Waals surface area contributed by atoms with Crippen molar-refractivity contribution < 1.29 is 3.98 Å². The summed E-state index contributed by atoms with van der Waals surface area (Å²) in [4.78, 5) is 0. The van der Waals surface area contributed by atoms with E-state index in [0.29, 0.717) is 0 Å². The minimum atomic E-state index is 1.15. The molecule has 0 bridgehead atoms. The van der Waals surface area contributed by atoms with Crippen LogP contribution in [0.4, 0.5) is 0 Å². The molecule has 0 saturated carbocycles. The van der Waals surface area contributed by atoms with E-state index >= 15 is 0 Å². The Kier molecular flexibility index (Phi) is 3.47. The summed E-state index contributed by atoms with van der Waals surface area (Å²) in [6, 6.07) is 0. The predicted octanol–water partition coefficient (Wildman–Crippen LogP) is 1.52. The number of hydrogen-bond donors (Lipinski definition) is 0. The molecule has 0 spiro atoms. The molecule has 0 aromatic rings. The summed E-state index contributed by atoms with van der Waals surface area (Å²) >= 11 is 4.90. The van der Waals surface area contributed by atoms with Gasteiger partial charge in [-0.05, 0) is 13.8 Å². The zero-order valence-electron chi connectivity index (χ0n) is 6.43. The molecule has 0 aliphatic heterocycles. The second kappa shape index (κ2) is 3.62. The quantitative estimate of drug-likeness (QED) is 0.305. The van der Waals surface area contributed by atoms with E-state index in [1.54, 1.807) is 3.98 Å². The molecule has 0 aromatic heterocycles. The van der Waals surface area contributed by atoms with Gasteiger partial charge >= 0.3 is 0 Å². The molecule has 52 valence electrons. The van der Waals surface area contributed by atoms with Gasteiger partial charge in [0.2, 0.25) is 0 Å². The molecule has 0 aliphatic carbocycles. The van der Waals surface area contributed by atoms with Gasteiger partial charge in [-0.15, -0.1) is 0 Å². The number of allylic oxidation sites excluding steroid dienone is 2. The summed E-state index contributed by atoms with van der Waals surface area (Å²) in [6.07, 6.45) is 2.05. The van der Waals surface area contributed by atoms with E-state index in [4.69, 9.17) is 12.8 Å². The highest BCUT2D eigenvalue weighted by Gasteiger charge is 1.96. The topological polar surface area (TPSA) is 3.01 Å². The molecule has 0 rings (SSSR count). The zero-order chi connectivity index (χ0) is 7.44. The number of hydrogen-bond acceptors (Lipinski definition) is 1. The van der Waals surface area contributed by atoms with Crippen LogP contribution in [0, 0.1) is 0 Å². The van der Waals surface area contributed by atoms with Crippen molar-refractivity contribution in [2.45, 2.75) is 20.8 Å². The molecule has 1 nitrogen and oxygen atoms in total. The van der Waals surface area contributed by atoms with Crippen molar-refractivity contribution in [3.8, 4) is 0 Å². The van der Waals surface area contributed by atoms with Gasteiger partial charge in [-0.25, -0.2) is 0 Å². The lowest BCUT2D eigenvalue weighted by atomic mass is 10.2. The maximum Gasteiger partial charge on any atom is 0.160 e. The maximum atomic E-state index is 4.90. The van der Waals surface area contributed by atoms with Crippen LogP contribution in [0.5, 0.6) is 0 Å². The molecular weight excluding hydrogens is 130 g/mol. The molecule has 0 atom stereocenters. The lowest BCUT2D eigenvalue weighted by molar-refractivity contribution is -0.304. The summed E-state index contributed by atoms with van der Waals surface area (Å²) in [5.74, 6) is 0. The van der Waals surface area contributed by atoms with Crippen LogP contribution in [0.25, 0.3) is 0 Å². The lowest BCUT2D eigenvalue weighted by Gasteiger charge is -2.02. The van der Waals surface area contributed by atoms with Gasteiger partial charge in [-0.3, -0.25) is 0 Å². The van der Waals surface area contributed by atoms with Crippen molar-refractivity contribution >= 4 is 18.5 Å². The van der Waals surface area contributed by atoms with Crippen LogP contribution in [0.15, 0.2) is 11.6 Å². The molecule has 0 fully saturated rings. The number of nitrogens with zero attached hydrogens (tertiary/aromatic N) is 1. The maximum absolute atomic E-state index is 4.90.